The lowest BCUT2D eigenvalue weighted by molar-refractivity contribution is -0.248. The van der Waals surface area contributed by atoms with E-state index in [-0.39, 0.29) is 39.1 Å². The van der Waals surface area contributed by atoms with Crippen molar-refractivity contribution in [1.82, 2.24) is 5.32 Å². The molecule has 1 aromatic carbocycles. The first-order chi connectivity index (χ1) is 20.2. The Balaban J connectivity index is 1.31. The highest BCUT2D eigenvalue weighted by atomic mass is 16.5. The molecule has 4 nitrogen and oxygen atoms in total. The molecule has 0 saturated heterocycles. The quantitative estimate of drug-likeness (QED) is 0.276. The van der Waals surface area contributed by atoms with Gasteiger partial charge in [0, 0.05) is 18.9 Å². The molecule has 4 heteroatoms. The van der Waals surface area contributed by atoms with Gasteiger partial charge >= 0.3 is 5.97 Å². The molecule has 0 radical (unpaired) electrons. The van der Waals surface area contributed by atoms with Gasteiger partial charge in [-0.1, -0.05) is 77.1 Å². The Labute approximate surface area is 261 Å². The van der Waals surface area contributed by atoms with Gasteiger partial charge in [0.25, 0.3) is 0 Å². The Morgan fingerprint density at radius 1 is 0.837 bits per heavy atom. The smallest absolute Gasteiger partial charge is 0.302 e. The first-order valence-corrected chi connectivity index (χ1v) is 17.4. The molecule has 5 saturated carbocycles. The fourth-order valence-electron chi connectivity index (χ4n) is 12.9. The largest absolute Gasteiger partial charge is 0.462 e. The number of rotatable bonds is 5. The van der Waals surface area contributed by atoms with Crippen LogP contribution in [0.4, 0.5) is 0 Å². The van der Waals surface area contributed by atoms with E-state index in [0.29, 0.717) is 42.0 Å². The van der Waals surface area contributed by atoms with E-state index in [4.69, 9.17) is 4.74 Å². The number of benzene rings is 1. The van der Waals surface area contributed by atoms with Crippen molar-refractivity contribution in [1.29, 1.82) is 0 Å². The summed E-state index contributed by atoms with van der Waals surface area (Å²) in [6.45, 7) is 21.6. The second-order valence-corrected chi connectivity index (χ2v) is 17.0. The van der Waals surface area contributed by atoms with Crippen LogP contribution in [-0.4, -0.2) is 18.0 Å². The van der Waals surface area contributed by atoms with Gasteiger partial charge in [0.15, 0.2) is 0 Å². The molecule has 0 heterocycles. The molecule has 5 aliphatic carbocycles. The van der Waals surface area contributed by atoms with E-state index < -0.39 is 0 Å². The van der Waals surface area contributed by atoms with Crippen molar-refractivity contribution in [2.45, 2.75) is 125 Å². The Morgan fingerprint density at radius 3 is 2.23 bits per heavy atom. The predicted molar refractivity (Wildman–Crippen MR) is 173 cm³/mol. The van der Waals surface area contributed by atoms with Crippen LogP contribution in [0.25, 0.3) is 0 Å². The summed E-state index contributed by atoms with van der Waals surface area (Å²) in [4.78, 5) is 26.3. The topological polar surface area (TPSA) is 55.4 Å². The summed E-state index contributed by atoms with van der Waals surface area (Å²) < 4.78 is 5.95. The zero-order chi connectivity index (χ0) is 31.0. The molecular weight excluding hydrogens is 530 g/mol. The van der Waals surface area contributed by atoms with Gasteiger partial charge in [-0.05, 0) is 123 Å². The van der Waals surface area contributed by atoms with Gasteiger partial charge in [0.2, 0.25) is 5.91 Å². The number of hydrogen-bond donors (Lipinski definition) is 1. The molecule has 0 spiro atoms. The average molecular weight is 588 g/mol. The van der Waals surface area contributed by atoms with Crippen LogP contribution in [-0.2, 0) is 20.9 Å². The van der Waals surface area contributed by atoms with Crippen LogP contribution in [0, 0.1) is 56.7 Å². The number of carbonyl (C=O) groups excluding carboxylic acids is 2. The summed E-state index contributed by atoms with van der Waals surface area (Å²) in [6.07, 6.45) is 11.3. The molecule has 43 heavy (non-hydrogen) atoms. The number of nitrogens with one attached hydrogen (secondary N) is 1. The highest BCUT2D eigenvalue weighted by Gasteiger charge is 2.72. The van der Waals surface area contributed by atoms with Crippen LogP contribution in [0.2, 0.25) is 0 Å². The highest BCUT2D eigenvalue weighted by molar-refractivity contribution is 5.84. The van der Waals surface area contributed by atoms with Crippen LogP contribution in [0.5, 0.6) is 0 Å². The predicted octanol–water partition coefficient (Wildman–Crippen LogP) is 8.89. The summed E-state index contributed by atoms with van der Waals surface area (Å²) >= 11 is 0. The normalized spacial score (nSPS) is 44.6. The zero-order valence-electron chi connectivity index (χ0n) is 28.1. The molecule has 10 atom stereocenters. The van der Waals surface area contributed by atoms with Gasteiger partial charge in [-0.25, -0.2) is 0 Å². The lowest BCUT2D eigenvalue weighted by atomic mass is 9.32. The number of carbonyl (C=O) groups is 2. The molecule has 1 aromatic rings. The summed E-state index contributed by atoms with van der Waals surface area (Å²) in [5.41, 5.74) is 2.83. The van der Waals surface area contributed by atoms with Gasteiger partial charge in [-0.3, -0.25) is 9.59 Å². The fourth-order valence-corrected chi connectivity index (χ4v) is 12.9. The minimum atomic E-state index is -0.281. The van der Waals surface area contributed by atoms with Crippen molar-refractivity contribution in [3.63, 3.8) is 0 Å². The fraction of sp³-hybridized carbons (Fsp3) is 0.744. The van der Waals surface area contributed by atoms with Gasteiger partial charge in [-0.15, -0.1) is 0 Å². The van der Waals surface area contributed by atoms with E-state index in [2.05, 4.69) is 77.7 Å². The maximum absolute atomic E-state index is 14.3. The van der Waals surface area contributed by atoms with Crippen LogP contribution < -0.4 is 5.32 Å². The number of ether oxygens (including phenoxy) is 1. The van der Waals surface area contributed by atoms with Crippen molar-refractivity contribution in [2.24, 2.45) is 56.7 Å². The molecule has 1 N–H and O–H groups in total. The summed E-state index contributed by atoms with van der Waals surface area (Å²) in [6, 6.07) is 10.4. The molecule has 5 fully saturated rings. The van der Waals surface area contributed by atoms with Crippen LogP contribution in [0.3, 0.4) is 0 Å². The maximum atomic E-state index is 14.3. The SMILES string of the molecule is C=C(C)[C@@H]1CC[C@]2(C(=O)NCc3ccccc3)CC[C@]3(C)[C@H](CC[C@@H]4[C@@]5(C)CC[C@H](OC(C)=O)C(C)(C)[C@@H]5CC[C@]43C)[C@@H]12. The van der Waals surface area contributed by atoms with E-state index in [9.17, 15) is 9.59 Å². The number of hydrogen-bond acceptors (Lipinski definition) is 3. The van der Waals surface area contributed by atoms with Crippen LogP contribution >= 0.6 is 0 Å². The monoisotopic (exact) mass is 587 g/mol. The molecule has 236 valence electrons. The Bertz CT molecular complexity index is 1270. The first kappa shape index (κ1) is 30.9. The van der Waals surface area contributed by atoms with Crippen molar-refractivity contribution >= 4 is 11.9 Å². The third-order valence-corrected chi connectivity index (χ3v) is 15.1. The molecule has 6 rings (SSSR count). The second-order valence-electron chi connectivity index (χ2n) is 17.0. The standard InChI is InChI=1S/C39H57NO3/c1-25(2)28-16-21-39(34(42)40-24-27-12-10-9-11-13-27)23-22-37(7)29(33(28)39)14-15-31-36(6)19-18-32(43-26(3)41)35(4,5)30(36)17-20-38(31,37)8/h9-13,28-33H,1,14-24H2,2-8H3,(H,40,42)/t28-,29+,30-,31+,32-,33+,36-,37+,38+,39-/m0/s1. The van der Waals surface area contributed by atoms with Gasteiger partial charge in [0.1, 0.15) is 6.10 Å². The Kier molecular flexibility index (Phi) is 7.53. The Hall–Kier alpha value is -2.10. The average Bonchev–Trinajstić information content (AvgIpc) is 3.35. The number of fused-ring (bicyclic) bond motifs is 7. The number of allylic oxidation sites excluding steroid dienone is 1. The third kappa shape index (κ3) is 4.42. The molecule has 0 unspecified atom stereocenters. The maximum Gasteiger partial charge on any atom is 0.302 e. The second kappa shape index (κ2) is 10.5. The van der Waals surface area contributed by atoms with E-state index in [1.54, 1.807) is 6.92 Å². The zero-order valence-corrected chi connectivity index (χ0v) is 28.1. The minimum absolute atomic E-state index is 0.0128. The minimum Gasteiger partial charge on any atom is -0.462 e. The lowest BCUT2D eigenvalue weighted by Crippen LogP contribution is -2.67. The summed E-state index contributed by atoms with van der Waals surface area (Å²) in [7, 11) is 0. The molecule has 0 bridgehead atoms. The molecule has 0 aromatic heterocycles. The van der Waals surface area contributed by atoms with Gasteiger partial charge < -0.3 is 10.1 Å². The van der Waals surface area contributed by atoms with E-state index in [1.165, 1.54) is 36.8 Å². The number of amides is 1. The number of esters is 1. The molecule has 0 aliphatic heterocycles. The Morgan fingerprint density at radius 2 is 1.56 bits per heavy atom. The van der Waals surface area contributed by atoms with E-state index in [1.807, 2.05) is 6.07 Å². The van der Waals surface area contributed by atoms with Gasteiger partial charge in [-0.2, -0.15) is 0 Å². The molecule has 1 amide bonds. The summed E-state index contributed by atoms with van der Waals surface area (Å²) in [5, 5.41) is 3.43. The first-order valence-electron chi connectivity index (χ1n) is 17.4. The van der Waals surface area contributed by atoms with Crippen molar-refractivity contribution in [3.8, 4) is 0 Å². The third-order valence-electron chi connectivity index (χ3n) is 15.1. The van der Waals surface area contributed by atoms with Gasteiger partial charge in [0.05, 0.1) is 5.41 Å². The lowest BCUT2D eigenvalue weighted by Gasteiger charge is -2.72. The van der Waals surface area contributed by atoms with Crippen LogP contribution in [0.1, 0.15) is 118 Å². The van der Waals surface area contributed by atoms with E-state index in [0.717, 1.165) is 38.5 Å². The van der Waals surface area contributed by atoms with Crippen molar-refractivity contribution < 1.29 is 14.3 Å². The highest BCUT2D eigenvalue weighted by Crippen LogP contribution is 2.77. The van der Waals surface area contributed by atoms with Crippen molar-refractivity contribution in [2.75, 3.05) is 0 Å². The van der Waals surface area contributed by atoms with Crippen molar-refractivity contribution in [3.05, 3.63) is 48.0 Å². The molecular formula is C39H57NO3. The van der Waals surface area contributed by atoms with E-state index >= 15 is 0 Å². The molecule has 5 aliphatic rings. The van der Waals surface area contributed by atoms with Crippen LogP contribution in [0.15, 0.2) is 42.5 Å². The summed E-state index contributed by atoms with van der Waals surface area (Å²) in [5.74, 6) is 2.70.